The molecule has 1 aliphatic rings. The Morgan fingerprint density at radius 2 is 2.06 bits per heavy atom. The molecule has 2 rings (SSSR count). The Morgan fingerprint density at radius 1 is 1.44 bits per heavy atom. The van der Waals surface area contributed by atoms with Crippen LogP contribution in [0.15, 0.2) is 18.2 Å². The number of nitrogens with two attached hydrogens (primary N) is 1. The van der Waals surface area contributed by atoms with Gasteiger partial charge in [-0.3, -0.25) is 0 Å². The van der Waals surface area contributed by atoms with Crippen LogP contribution in [0.3, 0.4) is 0 Å². The predicted octanol–water partition coefficient (Wildman–Crippen LogP) is 1.47. The number of aliphatic hydroxyl groups is 1. The lowest BCUT2D eigenvalue weighted by Crippen LogP contribution is -2.43. The van der Waals surface area contributed by atoms with Crippen molar-refractivity contribution in [3.63, 3.8) is 0 Å². The van der Waals surface area contributed by atoms with E-state index < -0.39 is 35.9 Å². The van der Waals surface area contributed by atoms with E-state index in [0.717, 1.165) is 6.07 Å². The summed E-state index contributed by atoms with van der Waals surface area (Å²) < 4.78 is 39.5. The molecule has 1 unspecified atom stereocenters. The van der Waals surface area contributed by atoms with Crippen molar-refractivity contribution in [3.05, 3.63) is 35.4 Å². The highest BCUT2D eigenvalue weighted by atomic mass is 19.2. The number of hydrogen-bond acceptors (Lipinski definition) is 2. The molecule has 1 fully saturated rings. The predicted molar refractivity (Wildman–Crippen MR) is 52.3 cm³/mol. The summed E-state index contributed by atoms with van der Waals surface area (Å²) in [5.41, 5.74) is 3.90. The molecule has 0 bridgehead atoms. The molecule has 1 aliphatic carbocycles. The van der Waals surface area contributed by atoms with Crippen LogP contribution in [0, 0.1) is 17.6 Å². The van der Waals surface area contributed by atoms with E-state index >= 15 is 0 Å². The van der Waals surface area contributed by atoms with E-state index in [1.54, 1.807) is 0 Å². The third-order valence-corrected chi connectivity index (χ3v) is 3.09. The number of alkyl halides is 1. The average Bonchev–Trinajstić information content (AvgIpc) is 2.99. The number of aliphatic hydroxyl groups excluding tert-OH is 1. The first-order valence-corrected chi connectivity index (χ1v) is 4.98. The van der Waals surface area contributed by atoms with E-state index in [1.807, 2.05) is 0 Å². The van der Waals surface area contributed by atoms with Crippen LogP contribution < -0.4 is 5.73 Å². The maximum Gasteiger partial charge on any atom is 0.163 e. The molecule has 16 heavy (non-hydrogen) atoms. The third kappa shape index (κ3) is 1.60. The molecule has 1 aromatic carbocycles. The van der Waals surface area contributed by atoms with Crippen molar-refractivity contribution in [1.29, 1.82) is 0 Å². The minimum absolute atomic E-state index is 0.212. The van der Waals surface area contributed by atoms with E-state index in [0.29, 0.717) is 6.42 Å². The monoisotopic (exact) mass is 231 g/mol. The fraction of sp³-hybridized carbons (Fsp3) is 0.455. The van der Waals surface area contributed by atoms with Gasteiger partial charge in [-0.15, -0.1) is 0 Å². The molecule has 0 amide bonds. The van der Waals surface area contributed by atoms with Crippen molar-refractivity contribution >= 4 is 0 Å². The van der Waals surface area contributed by atoms with Crippen LogP contribution in [0.2, 0.25) is 0 Å². The summed E-state index contributed by atoms with van der Waals surface area (Å²) in [5.74, 6) is -2.74. The lowest BCUT2D eigenvalue weighted by molar-refractivity contribution is 0.194. The molecule has 1 saturated carbocycles. The van der Waals surface area contributed by atoms with Gasteiger partial charge in [-0.2, -0.15) is 0 Å². The number of benzene rings is 1. The second-order valence-electron chi connectivity index (χ2n) is 4.18. The van der Waals surface area contributed by atoms with Gasteiger partial charge < -0.3 is 10.8 Å². The Balaban J connectivity index is 2.44. The molecule has 5 heteroatoms. The third-order valence-electron chi connectivity index (χ3n) is 3.09. The number of hydrogen-bond donors (Lipinski definition) is 2. The lowest BCUT2D eigenvalue weighted by atomic mass is 9.86. The molecule has 3 N–H and O–H groups in total. The van der Waals surface area contributed by atoms with Crippen molar-refractivity contribution in [2.45, 2.75) is 18.1 Å². The van der Waals surface area contributed by atoms with Crippen molar-refractivity contribution in [2.24, 2.45) is 11.7 Å². The summed E-state index contributed by atoms with van der Waals surface area (Å²) in [6.45, 7) is -1.03. The molecular formula is C11H12F3NO. The molecule has 0 radical (unpaired) electrons. The first-order chi connectivity index (χ1) is 7.50. The van der Waals surface area contributed by atoms with E-state index in [-0.39, 0.29) is 5.56 Å². The van der Waals surface area contributed by atoms with Gasteiger partial charge in [0.15, 0.2) is 11.6 Å². The highest BCUT2D eigenvalue weighted by Crippen LogP contribution is 2.45. The standard InChI is InChI=1S/C11H12F3NO/c12-5-11(15,7-4-9(7)16)6-2-1-3-8(13)10(6)14/h1-3,7,9,16H,4-5,15H2/t7?,9-,11-/m1/s1. The Kier molecular flexibility index (Phi) is 2.67. The summed E-state index contributed by atoms with van der Waals surface area (Å²) in [4.78, 5) is 0. The fourth-order valence-corrected chi connectivity index (χ4v) is 1.97. The molecule has 3 atom stereocenters. The second-order valence-corrected chi connectivity index (χ2v) is 4.18. The van der Waals surface area contributed by atoms with Gasteiger partial charge in [0.1, 0.15) is 6.67 Å². The maximum atomic E-state index is 13.5. The van der Waals surface area contributed by atoms with Gasteiger partial charge in [0.05, 0.1) is 11.6 Å². The van der Waals surface area contributed by atoms with Crippen molar-refractivity contribution in [2.75, 3.05) is 6.67 Å². The molecule has 0 saturated heterocycles. The zero-order valence-corrected chi connectivity index (χ0v) is 8.46. The quantitative estimate of drug-likeness (QED) is 0.827. The molecule has 2 nitrogen and oxygen atoms in total. The van der Waals surface area contributed by atoms with Crippen molar-refractivity contribution in [3.8, 4) is 0 Å². The van der Waals surface area contributed by atoms with Crippen molar-refractivity contribution in [1.82, 2.24) is 0 Å². The van der Waals surface area contributed by atoms with Crippen LogP contribution in [-0.2, 0) is 5.54 Å². The fourth-order valence-electron chi connectivity index (χ4n) is 1.97. The molecule has 0 spiro atoms. The minimum Gasteiger partial charge on any atom is -0.393 e. The zero-order chi connectivity index (χ0) is 11.9. The maximum absolute atomic E-state index is 13.5. The summed E-state index contributed by atoms with van der Waals surface area (Å²) >= 11 is 0. The SMILES string of the molecule is N[C@](CF)(c1cccc(F)c1F)C1C[C@H]1O. The summed E-state index contributed by atoms with van der Waals surface area (Å²) in [5, 5.41) is 9.25. The Labute approximate surface area is 90.9 Å². The molecular weight excluding hydrogens is 219 g/mol. The van der Waals surface area contributed by atoms with Gasteiger partial charge >= 0.3 is 0 Å². The lowest BCUT2D eigenvalue weighted by Gasteiger charge is -2.27. The topological polar surface area (TPSA) is 46.2 Å². The minimum atomic E-state index is -1.63. The van der Waals surface area contributed by atoms with Crippen molar-refractivity contribution < 1.29 is 18.3 Å². The van der Waals surface area contributed by atoms with Gasteiger partial charge in [-0.05, 0) is 12.5 Å². The van der Waals surface area contributed by atoms with E-state index in [9.17, 15) is 18.3 Å². The summed E-state index contributed by atoms with van der Waals surface area (Å²) in [6, 6.07) is 3.48. The van der Waals surface area contributed by atoms with Gasteiger partial charge in [0.25, 0.3) is 0 Å². The van der Waals surface area contributed by atoms with Crippen LogP contribution in [0.1, 0.15) is 12.0 Å². The van der Waals surface area contributed by atoms with Crippen LogP contribution in [0.4, 0.5) is 13.2 Å². The zero-order valence-electron chi connectivity index (χ0n) is 8.46. The van der Waals surface area contributed by atoms with Crippen LogP contribution in [0.25, 0.3) is 0 Å². The van der Waals surface area contributed by atoms with Gasteiger partial charge in [-0.25, -0.2) is 13.2 Å². The Hall–Kier alpha value is -1.07. The second kappa shape index (κ2) is 3.75. The first-order valence-electron chi connectivity index (χ1n) is 4.98. The van der Waals surface area contributed by atoms with E-state index in [1.165, 1.54) is 12.1 Å². The van der Waals surface area contributed by atoms with E-state index in [2.05, 4.69) is 0 Å². The van der Waals surface area contributed by atoms with Crippen LogP contribution >= 0.6 is 0 Å². The number of halogens is 3. The Morgan fingerprint density at radius 3 is 2.56 bits per heavy atom. The molecule has 0 aliphatic heterocycles. The molecule has 0 aromatic heterocycles. The van der Waals surface area contributed by atoms with Gasteiger partial charge in [0, 0.05) is 11.5 Å². The first kappa shape index (κ1) is 11.4. The van der Waals surface area contributed by atoms with Crippen LogP contribution in [0.5, 0.6) is 0 Å². The smallest absolute Gasteiger partial charge is 0.163 e. The van der Waals surface area contributed by atoms with Gasteiger partial charge in [0.2, 0.25) is 0 Å². The molecule has 0 heterocycles. The average molecular weight is 231 g/mol. The van der Waals surface area contributed by atoms with E-state index in [4.69, 9.17) is 5.73 Å². The molecule has 1 aromatic rings. The number of rotatable bonds is 3. The van der Waals surface area contributed by atoms with Gasteiger partial charge in [-0.1, -0.05) is 12.1 Å². The summed E-state index contributed by atoms with van der Waals surface area (Å²) in [7, 11) is 0. The van der Waals surface area contributed by atoms with Crippen LogP contribution in [-0.4, -0.2) is 17.9 Å². The Bertz CT molecular complexity index is 412. The largest absolute Gasteiger partial charge is 0.393 e. The highest BCUT2D eigenvalue weighted by molar-refractivity contribution is 5.30. The summed E-state index contributed by atoms with van der Waals surface area (Å²) in [6.07, 6.45) is -0.417. The normalized spacial score (nSPS) is 27.6. The highest BCUT2D eigenvalue weighted by Gasteiger charge is 2.52. The molecule has 88 valence electrons.